The van der Waals surface area contributed by atoms with Gasteiger partial charge in [-0.05, 0) is 56.2 Å². The van der Waals surface area contributed by atoms with Crippen molar-refractivity contribution < 1.29 is 22.1 Å². The molecule has 2 aromatic carbocycles. The Bertz CT molecular complexity index is 1140. The second-order valence-electron chi connectivity index (χ2n) is 7.02. The highest BCUT2D eigenvalue weighted by molar-refractivity contribution is 7.85. The van der Waals surface area contributed by atoms with Crippen molar-refractivity contribution in [1.29, 1.82) is 0 Å². The molecular formula is C23H26N2O5S. The number of carbonyl (C=O) groups is 1. The van der Waals surface area contributed by atoms with Crippen molar-refractivity contribution >= 4 is 26.9 Å². The lowest BCUT2D eigenvalue weighted by molar-refractivity contribution is 0.0954. The molecule has 0 aliphatic carbocycles. The zero-order valence-electron chi connectivity index (χ0n) is 17.6. The van der Waals surface area contributed by atoms with E-state index in [-0.39, 0.29) is 12.5 Å². The molecule has 1 amide bonds. The van der Waals surface area contributed by atoms with E-state index in [4.69, 9.17) is 13.9 Å². The molecule has 3 rings (SSSR count). The van der Waals surface area contributed by atoms with E-state index in [2.05, 4.69) is 5.32 Å². The van der Waals surface area contributed by atoms with Gasteiger partial charge in [-0.3, -0.25) is 8.98 Å². The van der Waals surface area contributed by atoms with E-state index < -0.39 is 10.1 Å². The third-order valence-corrected chi connectivity index (χ3v) is 5.17. The highest BCUT2D eigenvalue weighted by atomic mass is 32.2. The minimum absolute atomic E-state index is 0.106. The van der Waals surface area contributed by atoms with Crippen LogP contribution in [0.5, 0.6) is 5.75 Å². The first-order chi connectivity index (χ1) is 14.9. The summed E-state index contributed by atoms with van der Waals surface area (Å²) in [6.07, 6.45) is 2.16. The maximum Gasteiger partial charge on any atom is 0.264 e. The van der Waals surface area contributed by atoms with Crippen LogP contribution in [0.2, 0.25) is 0 Å². The van der Waals surface area contributed by atoms with Crippen LogP contribution in [0.4, 0.5) is 0 Å². The molecule has 0 radical (unpaired) electrons. The summed E-state index contributed by atoms with van der Waals surface area (Å²) in [7, 11) is -3.43. The van der Waals surface area contributed by atoms with Gasteiger partial charge in [-0.1, -0.05) is 18.2 Å². The smallest absolute Gasteiger partial charge is 0.264 e. The standard InChI is InChI=1S/C23H26N2O5S/c1-3-29-18-12-10-17(11-13-18)22-16-20(19-8-4-5-9-21(19)25-22)23(26)24-14-6-7-15-30-31(2,27)28/h4-5,8-13,16H,3,6-7,14-15H2,1-2H3,(H,24,26). The van der Waals surface area contributed by atoms with Crippen LogP contribution < -0.4 is 10.1 Å². The highest BCUT2D eigenvalue weighted by Crippen LogP contribution is 2.26. The van der Waals surface area contributed by atoms with Crippen molar-refractivity contribution in [3.63, 3.8) is 0 Å². The number of aromatic nitrogens is 1. The predicted octanol–water partition coefficient (Wildman–Crippen LogP) is 3.79. The van der Waals surface area contributed by atoms with Crippen LogP contribution in [0.15, 0.2) is 54.6 Å². The van der Waals surface area contributed by atoms with Crippen molar-refractivity contribution in [3.8, 4) is 17.0 Å². The molecule has 1 heterocycles. The Morgan fingerprint density at radius 2 is 1.81 bits per heavy atom. The Balaban J connectivity index is 1.75. The van der Waals surface area contributed by atoms with Crippen LogP contribution in [0.25, 0.3) is 22.2 Å². The fourth-order valence-corrected chi connectivity index (χ4v) is 3.55. The van der Waals surface area contributed by atoms with E-state index in [0.717, 1.165) is 28.5 Å². The lowest BCUT2D eigenvalue weighted by Crippen LogP contribution is -2.25. The van der Waals surface area contributed by atoms with Gasteiger partial charge < -0.3 is 10.1 Å². The van der Waals surface area contributed by atoms with E-state index in [1.54, 1.807) is 6.07 Å². The maximum atomic E-state index is 12.9. The lowest BCUT2D eigenvalue weighted by atomic mass is 10.0. The minimum atomic E-state index is -3.43. The molecule has 0 saturated carbocycles. The van der Waals surface area contributed by atoms with Crippen LogP contribution in [-0.4, -0.2) is 45.3 Å². The molecular weight excluding hydrogens is 416 g/mol. The van der Waals surface area contributed by atoms with Crippen molar-refractivity contribution in [3.05, 3.63) is 60.2 Å². The van der Waals surface area contributed by atoms with Gasteiger partial charge in [0.15, 0.2) is 0 Å². The summed E-state index contributed by atoms with van der Waals surface area (Å²) in [6.45, 7) is 3.05. The Morgan fingerprint density at radius 3 is 2.52 bits per heavy atom. The number of amides is 1. The summed E-state index contributed by atoms with van der Waals surface area (Å²) in [5.74, 6) is 0.583. The third kappa shape index (κ3) is 6.50. The van der Waals surface area contributed by atoms with Gasteiger partial charge >= 0.3 is 0 Å². The van der Waals surface area contributed by atoms with Crippen molar-refractivity contribution in [2.45, 2.75) is 19.8 Å². The van der Waals surface area contributed by atoms with Gasteiger partial charge in [0.25, 0.3) is 16.0 Å². The van der Waals surface area contributed by atoms with Gasteiger partial charge in [-0.15, -0.1) is 0 Å². The van der Waals surface area contributed by atoms with Gasteiger partial charge in [-0.25, -0.2) is 4.98 Å². The van der Waals surface area contributed by atoms with Gasteiger partial charge in [0.1, 0.15) is 5.75 Å². The Morgan fingerprint density at radius 1 is 1.06 bits per heavy atom. The normalized spacial score (nSPS) is 11.4. The lowest BCUT2D eigenvalue weighted by Gasteiger charge is -2.11. The zero-order chi connectivity index (χ0) is 22.3. The number of rotatable bonds is 10. The molecule has 8 heteroatoms. The van der Waals surface area contributed by atoms with E-state index in [1.165, 1.54) is 0 Å². The number of benzene rings is 2. The second-order valence-corrected chi connectivity index (χ2v) is 8.66. The summed E-state index contributed by atoms with van der Waals surface area (Å²) in [5.41, 5.74) is 2.87. The van der Waals surface area contributed by atoms with E-state index in [9.17, 15) is 13.2 Å². The topological polar surface area (TPSA) is 94.6 Å². The number of para-hydroxylation sites is 1. The van der Waals surface area contributed by atoms with Crippen molar-refractivity contribution in [2.24, 2.45) is 0 Å². The molecule has 0 fully saturated rings. The average molecular weight is 443 g/mol. The van der Waals surface area contributed by atoms with Crippen LogP contribution in [0, 0.1) is 0 Å². The Kier molecular flexibility index (Phi) is 7.59. The number of hydrogen-bond donors (Lipinski definition) is 1. The van der Waals surface area contributed by atoms with E-state index >= 15 is 0 Å². The van der Waals surface area contributed by atoms with Gasteiger partial charge in [0.2, 0.25) is 0 Å². The minimum Gasteiger partial charge on any atom is -0.494 e. The molecule has 0 bridgehead atoms. The number of ether oxygens (including phenoxy) is 1. The van der Waals surface area contributed by atoms with E-state index in [0.29, 0.717) is 37.3 Å². The average Bonchev–Trinajstić information content (AvgIpc) is 2.75. The molecule has 1 N–H and O–H groups in total. The number of nitrogens with one attached hydrogen (secondary N) is 1. The number of carbonyl (C=O) groups excluding carboxylic acids is 1. The summed E-state index contributed by atoms with van der Waals surface area (Å²) in [4.78, 5) is 17.6. The Hall–Kier alpha value is -2.97. The van der Waals surface area contributed by atoms with Crippen molar-refractivity contribution in [2.75, 3.05) is 26.0 Å². The summed E-state index contributed by atoms with van der Waals surface area (Å²) < 4.78 is 32.2. The predicted molar refractivity (Wildman–Crippen MR) is 121 cm³/mol. The molecule has 7 nitrogen and oxygen atoms in total. The SMILES string of the molecule is CCOc1ccc(-c2cc(C(=O)NCCCCOS(C)(=O)=O)c3ccccc3n2)cc1. The van der Waals surface area contributed by atoms with Crippen LogP contribution in [0.1, 0.15) is 30.1 Å². The molecule has 164 valence electrons. The first-order valence-electron chi connectivity index (χ1n) is 10.1. The molecule has 0 aliphatic heterocycles. The molecule has 1 aromatic heterocycles. The summed E-state index contributed by atoms with van der Waals surface area (Å²) in [6, 6.07) is 16.9. The zero-order valence-corrected chi connectivity index (χ0v) is 18.4. The molecule has 31 heavy (non-hydrogen) atoms. The number of fused-ring (bicyclic) bond motifs is 1. The second kappa shape index (κ2) is 10.4. The first-order valence-corrected chi connectivity index (χ1v) is 11.9. The fraction of sp³-hybridized carbons (Fsp3) is 0.304. The van der Waals surface area contributed by atoms with Gasteiger partial charge in [0.05, 0.1) is 36.2 Å². The molecule has 0 aliphatic rings. The molecule has 0 atom stereocenters. The summed E-state index contributed by atoms with van der Waals surface area (Å²) in [5, 5.41) is 3.67. The highest BCUT2D eigenvalue weighted by Gasteiger charge is 2.14. The molecule has 0 unspecified atom stereocenters. The van der Waals surface area contributed by atoms with Crippen LogP contribution in [0.3, 0.4) is 0 Å². The maximum absolute atomic E-state index is 12.9. The quantitative estimate of drug-likeness (QED) is 0.379. The largest absolute Gasteiger partial charge is 0.494 e. The van der Waals surface area contributed by atoms with Crippen molar-refractivity contribution in [1.82, 2.24) is 10.3 Å². The number of pyridine rings is 1. The molecule has 0 spiro atoms. The number of unbranched alkanes of at least 4 members (excludes halogenated alkanes) is 1. The first kappa shape index (κ1) is 22.7. The fourth-order valence-electron chi connectivity index (χ4n) is 3.13. The van der Waals surface area contributed by atoms with Crippen LogP contribution >= 0.6 is 0 Å². The number of hydrogen-bond acceptors (Lipinski definition) is 6. The number of nitrogens with zero attached hydrogens (tertiary/aromatic N) is 1. The van der Waals surface area contributed by atoms with Gasteiger partial charge in [0, 0.05) is 17.5 Å². The Labute approximate surface area is 182 Å². The van der Waals surface area contributed by atoms with E-state index in [1.807, 2.05) is 55.5 Å². The molecule has 3 aromatic rings. The monoisotopic (exact) mass is 442 g/mol. The summed E-state index contributed by atoms with van der Waals surface area (Å²) >= 11 is 0. The van der Waals surface area contributed by atoms with Crippen LogP contribution in [-0.2, 0) is 14.3 Å². The third-order valence-electron chi connectivity index (χ3n) is 4.58. The molecule has 0 saturated heterocycles. The van der Waals surface area contributed by atoms with Gasteiger partial charge in [-0.2, -0.15) is 8.42 Å².